The van der Waals surface area contributed by atoms with Crippen molar-refractivity contribution in [3.05, 3.63) is 34.9 Å². The lowest BCUT2D eigenvalue weighted by Gasteiger charge is -2.14. The molecule has 1 N–H and O–H groups in total. The van der Waals surface area contributed by atoms with Crippen molar-refractivity contribution in [3.63, 3.8) is 0 Å². The summed E-state index contributed by atoms with van der Waals surface area (Å²) < 4.78 is 5.30. The zero-order valence-corrected chi connectivity index (χ0v) is 11.6. The second-order valence-electron chi connectivity index (χ2n) is 4.79. The standard InChI is InChI=1S/C15H20O3/c1-9(2)12-8-11(6-7-13(12)18-5)14(10(3)4)15(16)17/h6-9H,1-5H3,(H,16,17). The number of benzene rings is 1. The molecule has 0 heterocycles. The lowest BCUT2D eigenvalue weighted by Crippen LogP contribution is -2.03. The van der Waals surface area contributed by atoms with Gasteiger partial charge in [0.1, 0.15) is 5.75 Å². The van der Waals surface area contributed by atoms with Crippen LogP contribution in [0.15, 0.2) is 23.8 Å². The molecule has 0 amide bonds. The van der Waals surface area contributed by atoms with Crippen molar-refractivity contribution in [3.8, 4) is 5.75 Å². The average molecular weight is 248 g/mol. The number of carbonyl (C=O) groups is 1. The van der Waals surface area contributed by atoms with Gasteiger partial charge in [-0.2, -0.15) is 0 Å². The van der Waals surface area contributed by atoms with Crippen molar-refractivity contribution in [1.29, 1.82) is 0 Å². The fourth-order valence-electron chi connectivity index (χ4n) is 1.97. The largest absolute Gasteiger partial charge is 0.496 e. The number of aliphatic carboxylic acids is 1. The Bertz CT molecular complexity index is 481. The van der Waals surface area contributed by atoms with Crippen molar-refractivity contribution in [2.24, 2.45) is 0 Å². The topological polar surface area (TPSA) is 46.5 Å². The zero-order valence-electron chi connectivity index (χ0n) is 11.6. The minimum absolute atomic E-state index is 0.284. The van der Waals surface area contributed by atoms with Crippen LogP contribution in [0.25, 0.3) is 5.57 Å². The van der Waals surface area contributed by atoms with Gasteiger partial charge >= 0.3 is 5.97 Å². The Morgan fingerprint density at radius 3 is 2.28 bits per heavy atom. The molecule has 1 aromatic carbocycles. The van der Waals surface area contributed by atoms with E-state index in [1.54, 1.807) is 13.2 Å². The van der Waals surface area contributed by atoms with Crippen LogP contribution in [0.1, 0.15) is 44.7 Å². The summed E-state index contributed by atoms with van der Waals surface area (Å²) in [4.78, 5) is 11.3. The van der Waals surface area contributed by atoms with E-state index >= 15 is 0 Å². The van der Waals surface area contributed by atoms with Crippen LogP contribution in [-0.4, -0.2) is 18.2 Å². The highest BCUT2D eigenvalue weighted by Gasteiger charge is 2.15. The normalized spacial score (nSPS) is 10.3. The second kappa shape index (κ2) is 5.71. The van der Waals surface area contributed by atoms with Gasteiger partial charge in [-0.1, -0.05) is 25.5 Å². The molecule has 0 aliphatic heterocycles. The molecule has 0 radical (unpaired) electrons. The predicted octanol–water partition coefficient (Wildman–Crippen LogP) is 3.70. The molecule has 0 atom stereocenters. The van der Waals surface area contributed by atoms with E-state index in [9.17, 15) is 9.90 Å². The SMILES string of the molecule is COc1ccc(C(C(=O)O)=C(C)C)cc1C(C)C. The summed E-state index contributed by atoms with van der Waals surface area (Å²) in [5, 5.41) is 9.26. The van der Waals surface area contributed by atoms with E-state index in [-0.39, 0.29) is 5.92 Å². The monoisotopic (exact) mass is 248 g/mol. The summed E-state index contributed by atoms with van der Waals surface area (Å²) in [6.07, 6.45) is 0. The van der Waals surface area contributed by atoms with E-state index in [2.05, 4.69) is 13.8 Å². The van der Waals surface area contributed by atoms with Crippen LogP contribution in [0.5, 0.6) is 5.75 Å². The third-order valence-corrected chi connectivity index (χ3v) is 2.85. The number of ether oxygens (including phenoxy) is 1. The molecule has 0 unspecified atom stereocenters. The number of carboxylic acids is 1. The third-order valence-electron chi connectivity index (χ3n) is 2.85. The molecule has 1 rings (SSSR count). The summed E-state index contributed by atoms with van der Waals surface area (Å²) in [5.74, 6) is 0.189. The number of hydrogen-bond acceptors (Lipinski definition) is 2. The number of methoxy groups -OCH3 is 1. The van der Waals surface area contributed by atoms with E-state index < -0.39 is 5.97 Å². The molecule has 3 nitrogen and oxygen atoms in total. The molecule has 0 saturated carbocycles. The first kappa shape index (κ1) is 14.3. The van der Waals surface area contributed by atoms with Gasteiger partial charge in [0.05, 0.1) is 12.7 Å². The molecule has 0 aliphatic rings. The van der Waals surface area contributed by atoms with Gasteiger partial charge in [0.2, 0.25) is 0 Å². The maximum atomic E-state index is 11.3. The van der Waals surface area contributed by atoms with E-state index in [0.717, 1.165) is 22.4 Å². The van der Waals surface area contributed by atoms with E-state index in [1.165, 1.54) is 0 Å². The van der Waals surface area contributed by atoms with Crippen LogP contribution < -0.4 is 4.74 Å². The number of allylic oxidation sites excluding steroid dienone is 1. The molecule has 0 bridgehead atoms. The molecule has 0 aliphatic carbocycles. The molecule has 0 aromatic heterocycles. The summed E-state index contributed by atoms with van der Waals surface area (Å²) in [6.45, 7) is 7.74. The number of hydrogen-bond donors (Lipinski definition) is 1. The minimum atomic E-state index is -0.894. The first-order chi connectivity index (χ1) is 8.38. The maximum Gasteiger partial charge on any atom is 0.336 e. The quantitative estimate of drug-likeness (QED) is 0.826. The highest BCUT2D eigenvalue weighted by atomic mass is 16.5. The Balaban J connectivity index is 3.40. The Hall–Kier alpha value is -1.77. The van der Waals surface area contributed by atoms with Crippen LogP contribution in [0, 0.1) is 0 Å². The molecule has 0 fully saturated rings. The summed E-state index contributed by atoms with van der Waals surface area (Å²) in [5.41, 5.74) is 2.91. The summed E-state index contributed by atoms with van der Waals surface area (Å²) >= 11 is 0. The van der Waals surface area contributed by atoms with Crippen LogP contribution in [0.2, 0.25) is 0 Å². The van der Waals surface area contributed by atoms with Crippen molar-refractivity contribution in [2.75, 3.05) is 7.11 Å². The van der Waals surface area contributed by atoms with Gasteiger partial charge < -0.3 is 9.84 Å². The Morgan fingerprint density at radius 2 is 1.89 bits per heavy atom. The molecule has 98 valence electrons. The minimum Gasteiger partial charge on any atom is -0.496 e. The molecule has 3 heteroatoms. The van der Waals surface area contributed by atoms with E-state index in [4.69, 9.17) is 4.74 Å². The second-order valence-corrected chi connectivity index (χ2v) is 4.79. The lowest BCUT2D eigenvalue weighted by molar-refractivity contribution is -0.130. The van der Waals surface area contributed by atoms with Gasteiger partial charge in [0.25, 0.3) is 0 Å². The van der Waals surface area contributed by atoms with Crippen molar-refractivity contribution < 1.29 is 14.6 Å². The van der Waals surface area contributed by atoms with Gasteiger partial charge in [0, 0.05) is 0 Å². The number of carboxylic acid groups (broad SMARTS) is 1. The highest BCUT2D eigenvalue weighted by molar-refractivity contribution is 6.16. The predicted molar refractivity (Wildman–Crippen MR) is 73.0 cm³/mol. The Morgan fingerprint density at radius 1 is 1.28 bits per heavy atom. The maximum absolute atomic E-state index is 11.3. The number of rotatable bonds is 4. The van der Waals surface area contributed by atoms with E-state index in [1.807, 2.05) is 26.0 Å². The molecule has 18 heavy (non-hydrogen) atoms. The summed E-state index contributed by atoms with van der Waals surface area (Å²) in [7, 11) is 1.62. The van der Waals surface area contributed by atoms with Crippen LogP contribution in [0.3, 0.4) is 0 Å². The average Bonchev–Trinajstić information content (AvgIpc) is 2.27. The molecule has 1 aromatic rings. The van der Waals surface area contributed by atoms with Crippen molar-refractivity contribution in [1.82, 2.24) is 0 Å². The van der Waals surface area contributed by atoms with Gasteiger partial charge in [-0.3, -0.25) is 0 Å². The zero-order chi connectivity index (χ0) is 13.9. The first-order valence-electron chi connectivity index (χ1n) is 5.97. The smallest absolute Gasteiger partial charge is 0.336 e. The first-order valence-corrected chi connectivity index (χ1v) is 5.97. The molecular formula is C15H20O3. The molecular weight excluding hydrogens is 228 g/mol. The fourth-order valence-corrected chi connectivity index (χ4v) is 1.97. The van der Waals surface area contributed by atoms with Crippen molar-refractivity contribution >= 4 is 11.5 Å². The van der Waals surface area contributed by atoms with Gasteiger partial charge in [-0.05, 0) is 43.0 Å². The van der Waals surface area contributed by atoms with Crippen molar-refractivity contribution in [2.45, 2.75) is 33.6 Å². The fraction of sp³-hybridized carbons (Fsp3) is 0.400. The molecule has 0 spiro atoms. The van der Waals surface area contributed by atoms with Gasteiger partial charge in [0.15, 0.2) is 0 Å². The van der Waals surface area contributed by atoms with Crippen LogP contribution in [0.4, 0.5) is 0 Å². The highest BCUT2D eigenvalue weighted by Crippen LogP contribution is 2.30. The van der Waals surface area contributed by atoms with Gasteiger partial charge in [-0.15, -0.1) is 0 Å². The van der Waals surface area contributed by atoms with Crippen LogP contribution in [-0.2, 0) is 4.79 Å². The summed E-state index contributed by atoms with van der Waals surface area (Å²) in [6, 6.07) is 5.53. The Kier molecular flexibility index (Phi) is 4.54. The van der Waals surface area contributed by atoms with Crippen LogP contribution >= 0.6 is 0 Å². The third kappa shape index (κ3) is 2.92. The lowest BCUT2D eigenvalue weighted by atomic mass is 9.94. The Labute approximate surface area is 108 Å². The molecule has 0 saturated heterocycles. The van der Waals surface area contributed by atoms with E-state index in [0.29, 0.717) is 5.57 Å². The van der Waals surface area contributed by atoms with Gasteiger partial charge in [-0.25, -0.2) is 4.79 Å².